The molecule has 2 rings (SSSR count). The smallest absolute Gasteiger partial charge is 0.342 e. The first-order valence-corrected chi connectivity index (χ1v) is 10.1. The van der Waals surface area contributed by atoms with Gasteiger partial charge >= 0.3 is 11.9 Å². The van der Waals surface area contributed by atoms with Crippen LogP contribution >= 0.6 is 0 Å². The third-order valence-electron chi connectivity index (χ3n) is 5.00. The molecule has 0 saturated carbocycles. The number of benzene rings is 1. The number of fused-ring (bicyclic) bond motifs is 1. The van der Waals surface area contributed by atoms with Crippen LogP contribution in [0.2, 0.25) is 0 Å². The molecule has 1 aromatic carbocycles. The lowest BCUT2D eigenvalue weighted by molar-refractivity contribution is -0.134. The predicted octanol–water partition coefficient (Wildman–Crippen LogP) is 2.33. The standard InChI is InChI=1S/C22H30N2O6/c1-5-18(26)30-21-15(8-6-13(2)7-9-17(25)24-11-10-23)20(28-4)14(3)16-12-29-22(27)19(16)21/h6H,5,7-12,23H2,1-4H3,(H,24,25)/b13-6+. The molecule has 3 N–H and O–H groups in total. The Labute approximate surface area is 176 Å². The molecule has 164 valence electrons. The van der Waals surface area contributed by atoms with Crippen molar-refractivity contribution in [2.24, 2.45) is 5.73 Å². The fourth-order valence-corrected chi connectivity index (χ4v) is 3.30. The fraction of sp³-hybridized carbons (Fsp3) is 0.500. The normalized spacial score (nSPS) is 13.0. The van der Waals surface area contributed by atoms with Gasteiger partial charge < -0.3 is 25.3 Å². The number of methoxy groups -OCH3 is 1. The highest BCUT2D eigenvalue weighted by Gasteiger charge is 2.33. The predicted molar refractivity (Wildman–Crippen MR) is 112 cm³/mol. The highest BCUT2D eigenvalue weighted by atomic mass is 16.6. The molecule has 0 atom stereocenters. The Hall–Kier alpha value is -2.87. The maximum absolute atomic E-state index is 12.3. The largest absolute Gasteiger partial charge is 0.496 e. The first-order valence-electron chi connectivity index (χ1n) is 10.1. The number of rotatable bonds is 10. The van der Waals surface area contributed by atoms with E-state index in [1.807, 2.05) is 19.9 Å². The van der Waals surface area contributed by atoms with Gasteiger partial charge in [-0.2, -0.15) is 0 Å². The Morgan fingerprint density at radius 2 is 2.00 bits per heavy atom. The molecule has 0 saturated heterocycles. The SMILES string of the molecule is CCC(=O)Oc1c(C/C=C(\C)CCC(=O)NCCN)c(OC)c(C)c2c1C(=O)OC2. The number of ether oxygens (including phenoxy) is 3. The van der Waals surface area contributed by atoms with Gasteiger partial charge in [-0.25, -0.2) is 4.79 Å². The van der Waals surface area contributed by atoms with Crippen LogP contribution in [0.25, 0.3) is 0 Å². The maximum Gasteiger partial charge on any atom is 0.342 e. The van der Waals surface area contributed by atoms with Crippen LogP contribution < -0.4 is 20.5 Å². The van der Waals surface area contributed by atoms with Gasteiger partial charge in [0, 0.05) is 37.1 Å². The Balaban J connectivity index is 2.34. The number of esters is 2. The first kappa shape index (κ1) is 23.4. The maximum atomic E-state index is 12.3. The molecule has 0 spiro atoms. The van der Waals surface area contributed by atoms with Crippen LogP contribution in [0.15, 0.2) is 11.6 Å². The van der Waals surface area contributed by atoms with Crippen molar-refractivity contribution in [1.82, 2.24) is 5.32 Å². The zero-order valence-electron chi connectivity index (χ0n) is 18.1. The number of nitrogens with one attached hydrogen (secondary N) is 1. The van der Waals surface area contributed by atoms with Crippen LogP contribution in [-0.2, 0) is 27.4 Å². The summed E-state index contributed by atoms with van der Waals surface area (Å²) in [4.78, 5) is 36.2. The number of carbonyl (C=O) groups excluding carboxylic acids is 3. The molecule has 1 aliphatic rings. The second-order valence-electron chi connectivity index (χ2n) is 7.12. The van der Waals surface area contributed by atoms with Gasteiger partial charge in [0.05, 0.1) is 7.11 Å². The molecule has 30 heavy (non-hydrogen) atoms. The Morgan fingerprint density at radius 1 is 1.27 bits per heavy atom. The number of hydrogen-bond donors (Lipinski definition) is 2. The zero-order valence-corrected chi connectivity index (χ0v) is 18.1. The summed E-state index contributed by atoms with van der Waals surface area (Å²) in [6, 6.07) is 0. The lowest BCUT2D eigenvalue weighted by Gasteiger charge is -2.18. The summed E-state index contributed by atoms with van der Waals surface area (Å²) >= 11 is 0. The van der Waals surface area contributed by atoms with Gasteiger partial charge in [-0.05, 0) is 32.3 Å². The second kappa shape index (κ2) is 10.8. The van der Waals surface area contributed by atoms with Crippen molar-refractivity contribution >= 4 is 17.8 Å². The fourth-order valence-electron chi connectivity index (χ4n) is 3.30. The molecule has 8 heteroatoms. The minimum absolute atomic E-state index is 0.0560. The molecule has 1 amide bonds. The second-order valence-corrected chi connectivity index (χ2v) is 7.12. The minimum Gasteiger partial charge on any atom is -0.496 e. The molecule has 0 aromatic heterocycles. The third kappa shape index (κ3) is 5.38. The van der Waals surface area contributed by atoms with E-state index in [-0.39, 0.29) is 30.2 Å². The lowest BCUT2D eigenvalue weighted by Crippen LogP contribution is -2.28. The van der Waals surface area contributed by atoms with Gasteiger partial charge in [0.2, 0.25) is 5.91 Å². The molecule has 1 aromatic rings. The zero-order chi connectivity index (χ0) is 22.3. The molecule has 1 heterocycles. The average Bonchev–Trinajstić information content (AvgIpc) is 3.12. The molecule has 0 radical (unpaired) electrons. The van der Waals surface area contributed by atoms with Crippen molar-refractivity contribution in [1.29, 1.82) is 0 Å². The van der Waals surface area contributed by atoms with Gasteiger partial charge in [-0.3, -0.25) is 9.59 Å². The van der Waals surface area contributed by atoms with Crippen molar-refractivity contribution in [3.8, 4) is 11.5 Å². The minimum atomic E-state index is -0.506. The van der Waals surface area contributed by atoms with Crippen molar-refractivity contribution in [2.75, 3.05) is 20.2 Å². The Bertz CT molecular complexity index is 860. The van der Waals surface area contributed by atoms with Crippen molar-refractivity contribution < 1.29 is 28.6 Å². The van der Waals surface area contributed by atoms with E-state index in [4.69, 9.17) is 19.9 Å². The van der Waals surface area contributed by atoms with E-state index in [1.54, 1.807) is 14.0 Å². The van der Waals surface area contributed by atoms with Gasteiger partial charge in [-0.15, -0.1) is 0 Å². The summed E-state index contributed by atoms with van der Waals surface area (Å²) in [7, 11) is 1.54. The van der Waals surface area contributed by atoms with Crippen LogP contribution in [0.5, 0.6) is 11.5 Å². The van der Waals surface area contributed by atoms with E-state index in [1.165, 1.54) is 0 Å². The summed E-state index contributed by atoms with van der Waals surface area (Å²) in [5, 5.41) is 2.74. The summed E-state index contributed by atoms with van der Waals surface area (Å²) in [5.74, 6) is -0.240. The summed E-state index contributed by atoms with van der Waals surface area (Å²) < 4.78 is 16.3. The van der Waals surface area contributed by atoms with Crippen LogP contribution in [0, 0.1) is 6.92 Å². The number of nitrogens with two attached hydrogens (primary N) is 1. The highest BCUT2D eigenvalue weighted by Crippen LogP contribution is 2.43. The average molecular weight is 418 g/mol. The summed E-state index contributed by atoms with van der Waals surface area (Å²) in [6.07, 6.45) is 3.43. The van der Waals surface area contributed by atoms with Gasteiger partial charge in [-0.1, -0.05) is 18.6 Å². The number of cyclic esters (lactones) is 1. The van der Waals surface area contributed by atoms with Crippen LogP contribution in [0.1, 0.15) is 60.2 Å². The van der Waals surface area contributed by atoms with Gasteiger partial charge in [0.25, 0.3) is 0 Å². The van der Waals surface area contributed by atoms with Crippen LogP contribution in [0.3, 0.4) is 0 Å². The van der Waals surface area contributed by atoms with Gasteiger partial charge in [0.1, 0.15) is 17.9 Å². The van der Waals surface area contributed by atoms with Gasteiger partial charge in [0.15, 0.2) is 5.75 Å². The lowest BCUT2D eigenvalue weighted by atomic mass is 9.94. The van der Waals surface area contributed by atoms with E-state index in [2.05, 4.69) is 5.32 Å². The van der Waals surface area contributed by atoms with E-state index in [9.17, 15) is 14.4 Å². The molecule has 0 fully saturated rings. The molecular formula is C22H30N2O6. The number of allylic oxidation sites excluding steroid dienone is 2. The number of hydrogen-bond acceptors (Lipinski definition) is 7. The van der Waals surface area contributed by atoms with Crippen molar-refractivity contribution in [3.05, 3.63) is 33.9 Å². The first-order chi connectivity index (χ1) is 14.3. The van der Waals surface area contributed by atoms with E-state index >= 15 is 0 Å². The summed E-state index contributed by atoms with van der Waals surface area (Å²) in [5.41, 5.74) is 8.75. The van der Waals surface area contributed by atoms with E-state index in [0.29, 0.717) is 49.2 Å². The Kier molecular flexibility index (Phi) is 8.41. The number of carbonyl (C=O) groups is 3. The van der Waals surface area contributed by atoms with Crippen molar-refractivity contribution in [2.45, 2.75) is 53.1 Å². The Morgan fingerprint density at radius 3 is 2.63 bits per heavy atom. The quantitative estimate of drug-likeness (QED) is 0.340. The van der Waals surface area contributed by atoms with Crippen molar-refractivity contribution in [3.63, 3.8) is 0 Å². The molecule has 0 unspecified atom stereocenters. The monoisotopic (exact) mass is 418 g/mol. The molecular weight excluding hydrogens is 388 g/mol. The molecule has 0 aliphatic carbocycles. The molecule has 0 bridgehead atoms. The summed E-state index contributed by atoms with van der Waals surface area (Å²) in [6.45, 7) is 6.45. The highest BCUT2D eigenvalue weighted by molar-refractivity contribution is 5.99. The number of amides is 1. The van der Waals surface area contributed by atoms with Crippen LogP contribution in [-0.4, -0.2) is 38.0 Å². The molecule has 8 nitrogen and oxygen atoms in total. The van der Waals surface area contributed by atoms with E-state index < -0.39 is 11.9 Å². The van der Waals surface area contributed by atoms with Crippen LogP contribution in [0.4, 0.5) is 0 Å². The van der Waals surface area contributed by atoms with E-state index in [0.717, 1.165) is 11.1 Å². The topological polar surface area (TPSA) is 117 Å². The third-order valence-corrected chi connectivity index (χ3v) is 5.00. The molecule has 1 aliphatic heterocycles.